The number of sulfonamides is 1. The molecule has 2 fully saturated rings. The Morgan fingerprint density at radius 2 is 1.85 bits per heavy atom. The highest BCUT2D eigenvalue weighted by Gasteiger charge is 2.30. The molecule has 0 saturated carbocycles. The third-order valence-corrected chi connectivity index (χ3v) is 7.20. The minimum atomic E-state index is -4.29. The first-order chi connectivity index (χ1) is 15.8. The summed E-state index contributed by atoms with van der Waals surface area (Å²) in [7, 11) is -6.39. The summed E-state index contributed by atoms with van der Waals surface area (Å²) >= 11 is 0. The van der Waals surface area contributed by atoms with Crippen molar-refractivity contribution in [3.8, 4) is 11.4 Å². The molecule has 2 aliphatic heterocycles. The van der Waals surface area contributed by atoms with Crippen LogP contribution in [0.15, 0.2) is 35.1 Å². The molecule has 1 unspecified atom stereocenters. The van der Waals surface area contributed by atoms with Crippen LogP contribution in [0.5, 0.6) is 0 Å². The minimum Gasteiger partial charge on any atom is -0.371 e. The number of tetrazole rings is 1. The van der Waals surface area contributed by atoms with Crippen molar-refractivity contribution in [2.75, 3.05) is 37.8 Å². The first-order valence-electron chi connectivity index (χ1n) is 10.4. The van der Waals surface area contributed by atoms with E-state index in [1.54, 1.807) is 6.07 Å². The van der Waals surface area contributed by atoms with E-state index in [1.807, 2.05) is 4.90 Å². The number of rotatable bonds is 5. The highest BCUT2D eigenvalue weighted by Crippen LogP contribution is 2.38. The van der Waals surface area contributed by atoms with E-state index in [0.29, 0.717) is 31.6 Å². The molecule has 2 saturated heterocycles. The lowest BCUT2D eigenvalue weighted by molar-refractivity contribution is 0.307. The number of aromatic amines is 1. The molecular weight excluding hydrogens is 471 g/mol. The summed E-state index contributed by atoms with van der Waals surface area (Å²) < 4.78 is 49.2. The molecule has 14 heteroatoms. The van der Waals surface area contributed by atoms with Crippen LogP contribution in [0.4, 0.5) is 10.1 Å². The van der Waals surface area contributed by atoms with Crippen molar-refractivity contribution in [3.63, 3.8) is 0 Å². The Hall–Kier alpha value is -2.26. The summed E-state index contributed by atoms with van der Waals surface area (Å²) in [6.07, 6.45) is 4.02. The van der Waals surface area contributed by atoms with Crippen molar-refractivity contribution in [1.82, 2.24) is 25.9 Å². The molecule has 33 heavy (non-hydrogen) atoms. The number of nitrogens with zero attached hydrogens (tertiary/aromatic N) is 4. The monoisotopic (exact) mass is 502 g/mol. The molecule has 0 aliphatic carbocycles. The standard InChI is InChI=1S/C13H18FN7O3S2.C4H9N.C2H4/c14-7-8-3-5-21(6-4-8)9-1-2-10(25(15)22)12(26(16,23)24)11(9)13-17-19-20-18-13;1-2-4-5-3-1;1-2/h1-2,8H,3-7,15H2,(H2,16,23,24)(H,17,18,19,20);5H,1-4H2;1-2H2. The quantitative estimate of drug-likeness (QED) is 0.436. The third-order valence-electron chi connectivity index (χ3n) is 5.30. The molecule has 4 rings (SSSR count). The fourth-order valence-corrected chi connectivity index (χ4v) is 5.61. The van der Waals surface area contributed by atoms with Gasteiger partial charge in [0, 0.05) is 18.8 Å². The predicted octanol–water partition coefficient (Wildman–Crippen LogP) is 0.853. The molecular formula is C19H31FN8O3S2. The fraction of sp³-hybridized carbons (Fsp3) is 0.526. The second-order valence-corrected chi connectivity index (χ2v) is 9.94. The van der Waals surface area contributed by atoms with Crippen molar-refractivity contribution in [3.05, 3.63) is 25.3 Å². The lowest BCUT2D eigenvalue weighted by Crippen LogP contribution is -2.35. The summed E-state index contributed by atoms with van der Waals surface area (Å²) in [6, 6.07) is 2.95. The highest BCUT2D eigenvalue weighted by atomic mass is 32.2. The fourth-order valence-electron chi connectivity index (χ4n) is 3.69. The number of hydrogen-bond acceptors (Lipinski definition) is 8. The summed E-state index contributed by atoms with van der Waals surface area (Å²) in [6.45, 7) is 9.15. The summed E-state index contributed by atoms with van der Waals surface area (Å²) in [5.74, 6) is -0.0302. The SMILES string of the molecule is C1CCNC1.C=C.NS(=O)c1ccc(N2CCC(CF)CC2)c(-c2nn[nH]n2)c1S(N)(=O)=O. The van der Waals surface area contributed by atoms with Crippen molar-refractivity contribution in [2.45, 2.75) is 35.5 Å². The van der Waals surface area contributed by atoms with Gasteiger partial charge in [0.15, 0.2) is 0 Å². The van der Waals surface area contributed by atoms with Gasteiger partial charge >= 0.3 is 0 Å². The van der Waals surface area contributed by atoms with Gasteiger partial charge in [-0.3, -0.25) is 4.39 Å². The normalized spacial score (nSPS) is 17.5. The number of benzene rings is 1. The molecule has 3 heterocycles. The topological polar surface area (TPSA) is 173 Å². The van der Waals surface area contributed by atoms with E-state index in [-0.39, 0.29) is 28.9 Å². The average Bonchev–Trinajstić information content (AvgIpc) is 3.56. The third kappa shape index (κ3) is 7.11. The molecule has 2 aliphatic rings. The second-order valence-electron chi connectivity index (χ2n) is 7.41. The zero-order valence-corrected chi connectivity index (χ0v) is 20.0. The Morgan fingerprint density at radius 1 is 1.21 bits per heavy atom. The zero-order chi connectivity index (χ0) is 24.4. The van der Waals surface area contributed by atoms with Gasteiger partial charge in [-0.05, 0) is 62.0 Å². The number of alkyl halides is 1. The summed E-state index contributed by atoms with van der Waals surface area (Å²) in [4.78, 5) is 1.36. The van der Waals surface area contributed by atoms with Crippen LogP contribution in [0.25, 0.3) is 11.4 Å². The lowest BCUT2D eigenvalue weighted by Gasteiger charge is -2.34. The first-order valence-corrected chi connectivity index (χ1v) is 13.2. The minimum absolute atomic E-state index is 0.0102. The first kappa shape index (κ1) is 27.0. The number of nitrogens with two attached hydrogens (primary N) is 2. The van der Waals surface area contributed by atoms with Gasteiger partial charge in [0.1, 0.15) is 15.9 Å². The Balaban J connectivity index is 0.000000477. The van der Waals surface area contributed by atoms with Crippen LogP contribution in [0, 0.1) is 5.92 Å². The number of piperidine rings is 1. The Kier molecular flexibility index (Phi) is 10.5. The maximum absolute atomic E-state index is 12.9. The molecule has 0 amide bonds. The maximum Gasteiger partial charge on any atom is 0.240 e. The van der Waals surface area contributed by atoms with Crippen molar-refractivity contribution in [2.24, 2.45) is 16.2 Å². The van der Waals surface area contributed by atoms with E-state index in [9.17, 15) is 17.0 Å². The van der Waals surface area contributed by atoms with Gasteiger partial charge in [-0.15, -0.1) is 23.4 Å². The Labute approximate surface area is 195 Å². The molecule has 11 nitrogen and oxygen atoms in total. The van der Waals surface area contributed by atoms with Crippen LogP contribution in [-0.2, 0) is 21.0 Å². The number of aromatic nitrogens is 4. The van der Waals surface area contributed by atoms with Crippen molar-refractivity contribution in [1.29, 1.82) is 0 Å². The summed E-state index contributed by atoms with van der Waals surface area (Å²) in [5.41, 5.74) is 0.568. The van der Waals surface area contributed by atoms with E-state index in [2.05, 4.69) is 39.1 Å². The predicted molar refractivity (Wildman–Crippen MR) is 126 cm³/mol. The molecule has 6 N–H and O–H groups in total. The van der Waals surface area contributed by atoms with E-state index < -0.39 is 25.9 Å². The zero-order valence-electron chi connectivity index (χ0n) is 18.4. The number of H-pyrrole nitrogens is 1. The number of primary sulfonamides is 1. The largest absolute Gasteiger partial charge is 0.371 e. The van der Waals surface area contributed by atoms with Gasteiger partial charge in [0.25, 0.3) is 0 Å². The molecule has 2 aromatic rings. The van der Waals surface area contributed by atoms with Gasteiger partial charge in [-0.1, -0.05) is 0 Å². The average molecular weight is 503 g/mol. The molecule has 1 aromatic heterocycles. The van der Waals surface area contributed by atoms with Crippen LogP contribution in [-0.4, -0.2) is 66.1 Å². The molecule has 1 atom stereocenters. The van der Waals surface area contributed by atoms with Gasteiger partial charge in [0.05, 0.1) is 17.1 Å². The maximum atomic E-state index is 12.9. The molecule has 0 spiro atoms. The molecule has 0 radical (unpaired) electrons. The molecule has 0 bridgehead atoms. The van der Waals surface area contributed by atoms with Gasteiger partial charge in [0.2, 0.25) is 15.8 Å². The summed E-state index contributed by atoms with van der Waals surface area (Å²) in [5, 5.41) is 27.5. The van der Waals surface area contributed by atoms with Crippen LogP contribution in [0.1, 0.15) is 25.7 Å². The second kappa shape index (κ2) is 12.8. The number of nitrogens with one attached hydrogen (secondary N) is 2. The van der Waals surface area contributed by atoms with Crippen molar-refractivity contribution < 1.29 is 17.0 Å². The highest BCUT2D eigenvalue weighted by molar-refractivity contribution is 7.90. The van der Waals surface area contributed by atoms with Crippen molar-refractivity contribution >= 4 is 26.7 Å². The molecule has 184 valence electrons. The van der Waals surface area contributed by atoms with Gasteiger partial charge in [-0.2, -0.15) is 5.21 Å². The number of halogens is 1. The van der Waals surface area contributed by atoms with Gasteiger partial charge < -0.3 is 10.2 Å². The van der Waals surface area contributed by atoms with E-state index in [1.165, 1.54) is 32.0 Å². The number of hydrogen-bond donors (Lipinski definition) is 4. The molecule has 1 aromatic carbocycles. The van der Waals surface area contributed by atoms with Crippen LogP contribution in [0.3, 0.4) is 0 Å². The van der Waals surface area contributed by atoms with Crippen LogP contribution < -0.4 is 20.5 Å². The van der Waals surface area contributed by atoms with E-state index in [4.69, 9.17) is 10.3 Å². The van der Waals surface area contributed by atoms with Crippen LogP contribution >= 0.6 is 0 Å². The lowest BCUT2D eigenvalue weighted by atomic mass is 9.97. The Bertz CT molecular complexity index is 1000. The van der Waals surface area contributed by atoms with Crippen LogP contribution in [0.2, 0.25) is 0 Å². The Morgan fingerprint density at radius 3 is 2.27 bits per heavy atom. The van der Waals surface area contributed by atoms with E-state index >= 15 is 0 Å². The van der Waals surface area contributed by atoms with E-state index in [0.717, 1.165) is 0 Å². The van der Waals surface area contributed by atoms with Gasteiger partial charge in [-0.25, -0.2) is 22.9 Å². The smallest absolute Gasteiger partial charge is 0.240 e. The number of anilines is 1.